The van der Waals surface area contributed by atoms with Crippen LogP contribution in [0.15, 0.2) is 29.4 Å². The number of nitrogens with one attached hydrogen (secondary N) is 1. The van der Waals surface area contributed by atoms with E-state index in [0.717, 1.165) is 31.6 Å². The topological polar surface area (TPSA) is 80.0 Å². The molecule has 0 aromatic heterocycles. The third-order valence-electron chi connectivity index (χ3n) is 4.77. The van der Waals surface area contributed by atoms with Crippen LogP contribution in [0.3, 0.4) is 0 Å². The first-order chi connectivity index (χ1) is 11.7. The summed E-state index contributed by atoms with van der Waals surface area (Å²) in [4.78, 5) is 19.1. The van der Waals surface area contributed by atoms with E-state index in [0.29, 0.717) is 18.9 Å². The number of nitrogens with zero attached hydrogens (tertiary/aromatic N) is 2. The summed E-state index contributed by atoms with van der Waals surface area (Å²) in [6, 6.07) is 8.14. The molecular weight excluding hydrogens is 304 g/mol. The highest BCUT2D eigenvalue weighted by Gasteiger charge is 2.23. The summed E-state index contributed by atoms with van der Waals surface area (Å²) in [7, 11) is 0. The molecule has 1 amide bonds. The van der Waals surface area contributed by atoms with Crippen LogP contribution in [0.2, 0.25) is 0 Å². The average molecular weight is 330 g/mol. The minimum absolute atomic E-state index is 0.0465. The summed E-state index contributed by atoms with van der Waals surface area (Å²) >= 11 is 0. The zero-order valence-corrected chi connectivity index (χ0v) is 14.0. The molecule has 1 atom stereocenters. The van der Waals surface area contributed by atoms with Crippen LogP contribution >= 0.6 is 0 Å². The number of anilines is 1. The smallest absolute Gasteiger partial charge is 0.223 e. The minimum Gasteiger partial charge on any atom is -0.394 e. The fraction of sp³-hybridized carbons (Fsp3) is 0.556. The number of carbonyl (C=O) groups excluding carboxylic acids is 1. The summed E-state index contributed by atoms with van der Waals surface area (Å²) in [6.45, 7) is 3.42. The van der Waals surface area contributed by atoms with Crippen LogP contribution in [0.25, 0.3) is 0 Å². The third kappa shape index (κ3) is 4.19. The van der Waals surface area contributed by atoms with Crippen LogP contribution in [-0.4, -0.2) is 38.0 Å². The predicted molar refractivity (Wildman–Crippen MR) is 94.9 cm³/mol. The number of piperidine rings is 1. The van der Waals surface area contributed by atoms with Crippen LogP contribution in [0.5, 0.6) is 0 Å². The molecule has 130 valence electrons. The Balaban J connectivity index is 1.48. The van der Waals surface area contributed by atoms with E-state index in [4.69, 9.17) is 10.6 Å². The molecule has 2 fully saturated rings. The van der Waals surface area contributed by atoms with E-state index >= 15 is 0 Å². The van der Waals surface area contributed by atoms with Crippen LogP contribution in [0, 0.1) is 5.92 Å². The molecule has 2 heterocycles. The molecule has 3 rings (SSSR count). The zero-order valence-electron chi connectivity index (χ0n) is 14.0. The van der Waals surface area contributed by atoms with Crippen LogP contribution in [0.4, 0.5) is 5.69 Å². The van der Waals surface area contributed by atoms with E-state index in [9.17, 15) is 4.79 Å². The quantitative estimate of drug-likeness (QED) is 0.361. The molecule has 1 aromatic carbocycles. The van der Waals surface area contributed by atoms with Crippen molar-refractivity contribution in [1.82, 2.24) is 5.32 Å². The summed E-state index contributed by atoms with van der Waals surface area (Å²) in [5.74, 6) is 0.533. The Bertz CT molecular complexity index is 579. The van der Waals surface area contributed by atoms with Gasteiger partial charge >= 0.3 is 0 Å². The van der Waals surface area contributed by atoms with E-state index in [1.165, 1.54) is 24.9 Å². The fourth-order valence-corrected chi connectivity index (χ4v) is 3.28. The number of carbonyl (C=O) groups is 1. The largest absolute Gasteiger partial charge is 0.394 e. The fourth-order valence-electron chi connectivity index (χ4n) is 3.28. The molecule has 6 nitrogen and oxygen atoms in total. The predicted octanol–water partition coefficient (Wildman–Crippen LogP) is 1.84. The molecule has 2 aliphatic heterocycles. The summed E-state index contributed by atoms with van der Waals surface area (Å²) in [5, 5.41) is 6.79. The highest BCUT2D eigenvalue weighted by Crippen LogP contribution is 2.20. The Morgan fingerprint density at radius 1 is 1.25 bits per heavy atom. The van der Waals surface area contributed by atoms with Gasteiger partial charge in [-0.25, -0.2) is 0 Å². The summed E-state index contributed by atoms with van der Waals surface area (Å²) in [6.07, 6.45) is 5.40. The lowest BCUT2D eigenvalue weighted by atomic mass is 10.1. The molecule has 0 spiro atoms. The lowest BCUT2D eigenvalue weighted by Crippen LogP contribution is -2.29. The van der Waals surface area contributed by atoms with Gasteiger partial charge in [-0.2, -0.15) is 0 Å². The summed E-state index contributed by atoms with van der Waals surface area (Å²) < 4.78 is 0. The number of benzene rings is 1. The second kappa shape index (κ2) is 8.04. The molecular formula is C18H26N4O2. The van der Waals surface area contributed by atoms with Crippen molar-refractivity contribution in [3.8, 4) is 0 Å². The second-order valence-electron chi connectivity index (χ2n) is 6.47. The highest BCUT2D eigenvalue weighted by molar-refractivity contribution is 5.97. The maximum absolute atomic E-state index is 11.5. The van der Waals surface area contributed by atoms with Crippen molar-refractivity contribution in [3.63, 3.8) is 0 Å². The van der Waals surface area contributed by atoms with Gasteiger partial charge in [0.1, 0.15) is 6.61 Å². The maximum atomic E-state index is 11.5. The normalized spacial score (nSPS) is 21.7. The standard InChI is InChI=1S/C18H26N4O2/c19-17(21-24-13-9-15-8-10-20-18(15)23)14-4-6-16(7-5-14)22-11-2-1-3-12-22/h4-7,15H,1-3,8-13H2,(H2,19,21)(H,20,23). The van der Waals surface area contributed by atoms with Gasteiger partial charge in [0, 0.05) is 36.8 Å². The minimum atomic E-state index is 0.0465. The number of hydrogen-bond acceptors (Lipinski definition) is 4. The van der Waals surface area contributed by atoms with E-state index in [-0.39, 0.29) is 11.8 Å². The number of hydrogen-bond donors (Lipinski definition) is 2. The van der Waals surface area contributed by atoms with Crippen LogP contribution in [0.1, 0.15) is 37.7 Å². The third-order valence-corrected chi connectivity index (χ3v) is 4.77. The van der Waals surface area contributed by atoms with E-state index in [2.05, 4.69) is 27.5 Å². The molecule has 0 saturated carbocycles. The van der Waals surface area contributed by atoms with Gasteiger partial charge in [-0.3, -0.25) is 4.79 Å². The maximum Gasteiger partial charge on any atom is 0.223 e. The van der Waals surface area contributed by atoms with Crippen molar-refractivity contribution in [2.24, 2.45) is 16.8 Å². The van der Waals surface area contributed by atoms with Gasteiger partial charge in [-0.15, -0.1) is 0 Å². The van der Waals surface area contributed by atoms with E-state index in [1.807, 2.05) is 12.1 Å². The van der Waals surface area contributed by atoms with Crippen molar-refractivity contribution in [3.05, 3.63) is 29.8 Å². The molecule has 2 aliphatic rings. The number of rotatable bonds is 6. The Kier molecular flexibility index (Phi) is 5.56. The van der Waals surface area contributed by atoms with Gasteiger partial charge in [0.2, 0.25) is 5.91 Å². The monoisotopic (exact) mass is 330 g/mol. The number of amides is 1. The van der Waals surface area contributed by atoms with E-state index in [1.54, 1.807) is 0 Å². The molecule has 0 aliphatic carbocycles. The first-order valence-electron chi connectivity index (χ1n) is 8.82. The van der Waals surface area contributed by atoms with Crippen molar-refractivity contribution in [2.75, 3.05) is 31.1 Å². The number of oxime groups is 1. The van der Waals surface area contributed by atoms with Crippen molar-refractivity contribution >= 4 is 17.4 Å². The second-order valence-corrected chi connectivity index (χ2v) is 6.47. The molecule has 2 saturated heterocycles. The number of amidine groups is 1. The Labute approximate surface area is 143 Å². The number of nitrogens with two attached hydrogens (primary N) is 1. The molecule has 3 N–H and O–H groups in total. The molecule has 0 radical (unpaired) electrons. The van der Waals surface area contributed by atoms with Gasteiger partial charge in [-0.1, -0.05) is 5.16 Å². The van der Waals surface area contributed by atoms with Crippen LogP contribution in [-0.2, 0) is 9.63 Å². The Hall–Kier alpha value is -2.24. The molecule has 6 heteroatoms. The molecule has 0 bridgehead atoms. The van der Waals surface area contributed by atoms with Crippen LogP contribution < -0.4 is 16.0 Å². The molecule has 24 heavy (non-hydrogen) atoms. The first kappa shape index (κ1) is 16.6. The van der Waals surface area contributed by atoms with Crippen molar-refractivity contribution < 1.29 is 9.63 Å². The van der Waals surface area contributed by atoms with Crippen molar-refractivity contribution in [2.45, 2.75) is 32.1 Å². The van der Waals surface area contributed by atoms with Crippen molar-refractivity contribution in [1.29, 1.82) is 0 Å². The van der Waals surface area contributed by atoms with E-state index < -0.39 is 0 Å². The highest BCUT2D eigenvalue weighted by atomic mass is 16.6. The summed E-state index contributed by atoms with van der Waals surface area (Å²) in [5.41, 5.74) is 8.07. The average Bonchev–Trinajstić information content (AvgIpc) is 3.04. The van der Waals surface area contributed by atoms with Gasteiger partial charge in [-0.05, 0) is 56.4 Å². The first-order valence-corrected chi connectivity index (χ1v) is 8.82. The SMILES string of the molecule is NC(=NOCCC1CCNC1=O)c1ccc(N2CCCCC2)cc1. The Morgan fingerprint density at radius 3 is 2.67 bits per heavy atom. The lowest BCUT2D eigenvalue weighted by molar-refractivity contribution is -0.122. The Morgan fingerprint density at radius 2 is 2.00 bits per heavy atom. The van der Waals surface area contributed by atoms with Gasteiger partial charge in [0.25, 0.3) is 0 Å². The van der Waals surface area contributed by atoms with Gasteiger partial charge in [0.05, 0.1) is 0 Å². The molecule has 1 aromatic rings. The van der Waals surface area contributed by atoms with Gasteiger partial charge < -0.3 is 20.8 Å². The zero-order chi connectivity index (χ0) is 16.8. The molecule has 1 unspecified atom stereocenters. The van der Waals surface area contributed by atoms with Gasteiger partial charge in [0.15, 0.2) is 5.84 Å². The lowest BCUT2D eigenvalue weighted by Gasteiger charge is -2.28.